The van der Waals surface area contributed by atoms with E-state index in [1.54, 1.807) is 76.9 Å². The zero-order chi connectivity index (χ0) is 32.4. The first kappa shape index (κ1) is 31.6. The van der Waals surface area contributed by atoms with Crippen LogP contribution in [0.5, 0.6) is 0 Å². The monoisotopic (exact) mass is 614 g/mol. The largest absolute Gasteiger partial charge is 0.443 e. The lowest BCUT2D eigenvalue weighted by Crippen LogP contribution is -2.41. The maximum atomic E-state index is 13.6. The first-order chi connectivity index (χ1) is 21.3. The highest BCUT2D eigenvalue weighted by molar-refractivity contribution is 5.98. The average Bonchev–Trinajstić information content (AvgIpc) is 3.40. The van der Waals surface area contributed by atoms with Crippen LogP contribution in [-0.2, 0) is 25.4 Å². The van der Waals surface area contributed by atoms with Gasteiger partial charge in [-0.15, -0.1) is 0 Å². The van der Waals surface area contributed by atoms with Gasteiger partial charge in [-0.1, -0.05) is 18.2 Å². The highest BCUT2D eigenvalue weighted by Gasteiger charge is 2.28. The molecule has 1 saturated heterocycles. The third-order valence-electron chi connectivity index (χ3n) is 6.73. The summed E-state index contributed by atoms with van der Waals surface area (Å²) in [5.74, 6) is 0.690. The fourth-order valence-electron chi connectivity index (χ4n) is 4.78. The number of carbonyl (C=O) groups is 3. The van der Waals surface area contributed by atoms with Gasteiger partial charge >= 0.3 is 12.2 Å². The average molecular weight is 615 g/mol. The van der Waals surface area contributed by atoms with Gasteiger partial charge in [0.1, 0.15) is 17.0 Å². The summed E-state index contributed by atoms with van der Waals surface area (Å²) in [7, 11) is 0. The molecule has 0 radical (unpaired) electrons. The number of benzene rings is 2. The Bertz CT molecular complexity index is 1710. The summed E-state index contributed by atoms with van der Waals surface area (Å²) in [5, 5.41) is 4.83. The van der Waals surface area contributed by atoms with Crippen LogP contribution in [0.2, 0.25) is 0 Å². The molecule has 236 valence electrons. The molecule has 4 aromatic rings. The van der Waals surface area contributed by atoms with E-state index < -0.39 is 23.4 Å². The number of amides is 2. The van der Waals surface area contributed by atoms with Crippen LogP contribution in [0, 0.1) is 0 Å². The Hall–Kier alpha value is -4.84. The summed E-state index contributed by atoms with van der Waals surface area (Å²) >= 11 is 0. The molecule has 3 heterocycles. The molecule has 5 rings (SSSR count). The number of carbonyl (C=O) groups excluding carboxylic acids is 3. The summed E-state index contributed by atoms with van der Waals surface area (Å²) in [6.45, 7) is 12.9. The fraction of sp³-hybridized carbons (Fsp3) is 0.394. The Morgan fingerprint density at radius 1 is 0.933 bits per heavy atom. The Balaban J connectivity index is 1.47. The summed E-state index contributed by atoms with van der Waals surface area (Å²) < 4.78 is 17.8. The molecule has 12 nitrogen and oxygen atoms in total. The Kier molecular flexibility index (Phi) is 8.87. The molecule has 45 heavy (non-hydrogen) atoms. The molecule has 0 N–H and O–H groups in total. The maximum absolute atomic E-state index is 13.6. The van der Waals surface area contributed by atoms with Crippen molar-refractivity contribution in [3.05, 3.63) is 66.5 Å². The standard InChI is InChI=1S/C33H38N6O6/c1-32(2,3)44-30(41)38(25-10-11-26-24(20-25)21-35-39(26)31(42)45-33(4,5)6)27-12-13-34-29(36-27)23-9-7-8-22(18-23)19-28(40)37-14-16-43-17-15-37/h7-13,18,20-21H,14-17,19H2,1-6H3. The van der Waals surface area contributed by atoms with Crippen LogP contribution in [0.3, 0.4) is 0 Å². The molecule has 0 spiro atoms. The van der Waals surface area contributed by atoms with Crippen LogP contribution < -0.4 is 4.90 Å². The molecule has 0 atom stereocenters. The molecular weight excluding hydrogens is 576 g/mol. The zero-order valence-corrected chi connectivity index (χ0v) is 26.4. The second kappa shape index (κ2) is 12.6. The van der Waals surface area contributed by atoms with E-state index in [1.165, 1.54) is 15.8 Å². The van der Waals surface area contributed by atoms with Gasteiger partial charge in [0.25, 0.3) is 0 Å². The van der Waals surface area contributed by atoms with Crippen molar-refractivity contribution in [2.45, 2.75) is 59.2 Å². The second-order valence-corrected chi connectivity index (χ2v) is 12.7. The van der Waals surface area contributed by atoms with E-state index >= 15 is 0 Å². The number of fused-ring (bicyclic) bond motifs is 1. The van der Waals surface area contributed by atoms with Gasteiger partial charge < -0.3 is 19.1 Å². The van der Waals surface area contributed by atoms with Crippen LogP contribution in [0.25, 0.3) is 22.3 Å². The normalized spacial score (nSPS) is 13.9. The number of rotatable bonds is 5. The van der Waals surface area contributed by atoms with Crippen LogP contribution in [-0.4, -0.2) is 80.2 Å². The molecule has 0 unspecified atom stereocenters. The van der Waals surface area contributed by atoms with Gasteiger partial charge in [0, 0.05) is 30.2 Å². The van der Waals surface area contributed by atoms with E-state index in [0.717, 1.165) is 5.56 Å². The SMILES string of the molecule is CC(C)(C)OC(=O)N(c1ccc2c(cnn2C(=O)OC(C)(C)C)c1)c1ccnc(-c2cccc(CC(=O)N3CCOCC3)c2)n1. The van der Waals surface area contributed by atoms with Crippen molar-refractivity contribution in [3.8, 4) is 11.4 Å². The molecule has 0 bridgehead atoms. The summed E-state index contributed by atoms with van der Waals surface area (Å²) in [4.78, 5) is 51.6. The molecule has 2 amide bonds. The minimum Gasteiger partial charge on any atom is -0.443 e. The Morgan fingerprint density at radius 3 is 2.38 bits per heavy atom. The zero-order valence-electron chi connectivity index (χ0n) is 26.4. The smallest absolute Gasteiger partial charge is 0.435 e. The molecular formula is C33H38N6O6. The van der Waals surface area contributed by atoms with Crippen LogP contribution in [0.4, 0.5) is 21.1 Å². The molecule has 0 saturated carbocycles. The van der Waals surface area contributed by atoms with E-state index in [9.17, 15) is 14.4 Å². The number of morpholine rings is 1. The lowest BCUT2D eigenvalue weighted by Gasteiger charge is -2.27. The van der Waals surface area contributed by atoms with Crippen molar-refractivity contribution < 1.29 is 28.6 Å². The highest BCUT2D eigenvalue weighted by atomic mass is 16.6. The fourth-order valence-corrected chi connectivity index (χ4v) is 4.78. The molecule has 2 aromatic carbocycles. The number of nitrogens with zero attached hydrogens (tertiary/aromatic N) is 6. The summed E-state index contributed by atoms with van der Waals surface area (Å²) in [6.07, 6.45) is 2.10. The lowest BCUT2D eigenvalue weighted by atomic mass is 10.1. The highest BCUT2D eigenvalue weighted by Crippen LogP contribution is 2.31. The Labute approximate surface area is 261 Å². The van der Waals surface area contributed by atoms with Crippen LogP contribution >= 0.6 is 0 Å². The van der Waals surface area contributed by atoms with Crippen molar-refractivity contribution in [2.75, 3.05) is 31.2 Å². The van der Waals surface area contributed by atoms with E-state index in [4.69, 9.17) is 19.2 Å². The van der Waals surface area contributed by atoms with Crippen molar-refractivity contribution >= 4 is 40.5 Å². The number of ether oxygens (including phenoxy) is 3. The van der Waals surface area contributed by atoms with Gasteiger partial charge in [-0.2, -0.15) is 9.78 Å². The van der Waals surface area contributed by atoms with Gasteiger partial charge in [0.2, 0.25) is 5.91 Å². The summed E-state index contributed by atoms with van der Waals surface area (Å²) in [6, 6.07) is 14.2. The quantitative estimate of drug-likeness (QED) is 0.276. The third kappa shape index (κ3) is 7.82. The minimum atomic E-state index is -0.780. The molecule has 1 fully saturated rings. The minimum absolute atomic E-state index is 0.0339. The van der Waals surface area contributed by atoms with Gasteiger partial charge in [0.15, 0.2) is 5.82 Å². The van der Waals surface area contributed by atoms with Crippen molar-refractivity contribution in [1.82, 2.24) is 24.6 Å². The molecule has 2 aromatic heterocycles. The van der Waals surface area contributed by atoms with Gasteiger partial charge in [0.05, 0.1) is 37.0 Å². The van der Waals surface area contributed by atoms with Gasteiger partial charge in [-0.05, 0) is 77.4 Å². The maximum Gasteiger partial charge on any atom is 0.435 e. The van der Waals surface area contributed by atoms with Crippen molar-refractivity contribution in [2.24, 2.45) is 0 Å². The van der Waals surface area contributed by atoms with Gasteiger partial charge in [-0.3, -0.25) is 4.79 Å². The second-order valence-electron chi connectivity index (χ2n) is 12.7. The predicted octanol–water partition coefficient (Wildman–Crippen LogP) is 5.75. The molecule has 0 aliphatic carbocycles. The number of aromatic nitrogens is 4. The van der Waals surface area contributed by atoms with E-state index in [-0.39, 0.29) is 18.1 Å². The first-order valence-corrected chi connectivity index (χ1v) is 14.8. The molecule has 12 heteroatoms. The van der Waals surface area contributed by atoms with E-state index in [0.29, 0.717) is 54.3 Å². The van der Waals surface area contributed by atoms with Crippen molar-refractivity contribution in [3.63, 3.8) is 0 Å². The van der Waals surface area contributed by atoms with Crippen molar-refractivity contribution in [1.29, 1.82) is 0 Å². The Morgan fingerprint density at radius 2 is 1.67 bits per heavy atom. The van der Waals surface area contributed by atoms with Crippen LogP contribution in [0.15, 0.2) is 60.9 Å². The molecule has 1 aliphatic rings. The first-order valence-electron chi connectivity index (χ1n) is 14.8. The summed E-state index contributed by atoms with van der Waals surface area (Å²) in [5.41, 5.74) is 1.03. The predicted molar refractivity (Wildman–Crippen MR) is 168 cm³/mol. The number of anilines is 2. The topological polar surface area (TPSA) is 129 Å². The van der Waals surface area contributed by atoms with Crippen LogP contribution in [0.1, 0.15) is 47.1 Å². The van der Waals surface area contributed by atoms with Gasteiger partial charge in [-0.25, -0.2) is 24.5 Å². The van der Waals surface area contributed by atoms with E-state index in [1.807, 2.05) is 24.3 Å². The number of hydrogen-bond donors (Lipinski definition) is 0. The number of hydrogen-bond acceptors (Lipinski definition) is 9. The molecule has 1 aliphatic heterocycles. The lowest BCUT2D eigenvalue weighted by molar-refractivity contribution is -0.134. The van der Waals surface area contributed by atoms with E-state index in [2.05, 4.69) is 10.1 Å². The third-order valence-corrected chi connectivity index (χ3v) is 6.73.